The van der Waals surface area contributed by atoms with Gasteiger partial charge in [0.15, 0.2) is 11.6 Å². The molecule has 0 saturated heterocycles. The molecule has 64 heavy (non-hydrogen) atoms. The number of hydrogen-bond donors (Lipinski definition) is 2. The van der Waals surface area contributed by atoms with Gasteiger partial charge in [0.1, 0.15) is 35.4 Å². The number of amides is 1. The Morgan fingerprint density at radius 1 is 0.984 bits per heavy atom. The molecule has 4 aromatic heterocycles. The van der Waals surface area contributed by atoms with E-state index < -0.39 is 100.0 Å². The zero-order valence-corrected chi connectivity index (χ0v) is 34.4. The Kier molecular flexibility index (Phi) is 10.3. The molecule has 2 aliphatic rings. The molecule has 1 saturated carbocycles. The summed E-state index contributed by atoms with van der Waals surface area (Å²) < 4.78 is 146. The summed E-state index contributed by atoms with van der Waals surface area (Å²) in [6.07, 6.45) is -4.91. The molecule has 0 radical (unpaired) electrons. The first-order valence-corrected chi connectivity index (χ1v) is 21.3. The number of rotatable bonds is 12. The SMILES string of the molecule is Cn1nc(NS(C)(=O)=O)c2c(Cl)ccc(-n3c([C@H](Cc4cc(F)cc(F)c4)NC(=O)Cn4nc(C(F)F)c5c4C(F)(F)[C@@H]4C[C@H]54)nc4cc(-c5ccnc(C(F)F)n5)ccc4c3=O)c21. The Labute approximate surface area is 360 Å². The highest BCUT2D eigenvalue weighted by Crippen LogP contribution is 2.68. The summed E-state index contributed by atoms with van der Waals surface area (Å²) in [5.41, 5.74) is -2.99. The minimum atomic E-state index is -3.96. The Hall–Kier alpha value is -6.49. The van der Waals surface area contributed by atoms with Crippen LogP contribution in [0.5, 0.6) is 0 Å². The Morgan fingerprint density at radius 3 is 2.41 bits per heavy atom. The van der Waals surface area contributed by atoms with Crippen LogP contribution in [0, 0.1) is 17.6 Å². The van der Waals surface area contributed by atoms with Gasteiger partial charge in [0, 0.05) is 42.8 Å². The highest BCUT2D eigenvalue weighted by molar-refractivity contribution is 7.92. The number of hydrogen-bond acceptors (Lipinski definition) is 9. The number of nitrogens with zero attached hydrogens (tertiary/aromatic N) is 8. The van der Waals surface area contributed by atoms with Gasteiger partial charge in [-0.25, -0.2) is 49.7 Å². The van der Waals surface area contributed by atoms with E-state index in [1.54, 1.807) is 0 Å². The lowest BCUT2D eigenvalue weighted by molar-refractivity contribution is -0.123. The van der Waals surface area contributed by atoms with Crippen LogP contribution in [0.4, 0.5) is 40.9 Å². The number of aryl methyl sites for hydroxylation is 1. The number of sulfonamides is 1. The molecule has 1 fully saturated rings. The molecule has 9 rings (SSSR count). The number of anilines is 1. The van der Waals surface area contributed by atoms with Crippen molar-refractivity contribution in [2.45, 2.75) is 50.1 Å². The second-order valence-electron chi connectivity index (χ2n) is 15.4. The van der Waals surface area contributed by atoms with Gasteiger partial charge < -0.3 is 5.32 Å². The lowest BCUT2D eigenvalue weighted by atomic mass is 10.0. The van der Waals surface area contributed by atoms with E-state index in [0.29, 0.717) is 10.7 Å². The van der Waals surface area contributed by atoms with Crippen LogP contribution in [0.3, 0.4) is 0 Å². The summed E-state index contributed by atoms with van der Waals surface area (Å²) >= 11 is 6.60. The van der Waals surface area contributed by atoms with Gasteiger partial charge in [0.05, 0.1) is 50.5 Å². The van der Waals surface area contributed by atoms with Crippen LogP contribution in [-0.2, 0) is 40.8 Å². The number of alkyl halides is 6. The van der Waals surface area contributed by atoms with Crippen molar-refractivity contribution in [2.75, 3.05) is 11.0 Å². The molecule has 332 valence electrons. The van der Waals surface area contributed by atoms with Crippen molar-refractivity contribution in [1.82, 2.24) is 44.4 Å². The maximum absolute atomic E-state index is 15.5. The lowest BCUT2D eigenvalue weighted by Crippen LogP contribution is -2.38. The number of benzene rings is 3. The summed E-state index contributed by atoms with van der Waals surface area (Å²) in [4.78, 5) is 41.3. The number of carbonyl (C=O) groups is 1. The van der Waals surface area contributed by atoms with Crippen molar-refractivity contribution in [2.24, 2.45) is 13.0 Å². The fourth-order valence-corrected chi connectivity index (χ4v) is 9.12. The third kappa shape index (κ3) is 7.48. The molecule has 4 heterocycles. The molecular formula is C40H29ClF8N10O4S. The van der Waals surface area contributed by atoms with Gasteiger partial charge in [-0.05, 0) is 60.4 Å². The van der Waals surface area contributed by atoms with Crippen LogP contribution < -0.4 is 15.6 Å². The lowest BCUT2D eigenvalue weighted by Gasteiger charge is -2.24. The molecule has 2 aliphatic carbocycles. The third-order valence-electron chi connectivity index (χ3n) is 11.0. The van der Waals surface area contributed by atoms with Crippen LogP contribution in [0.15, 0.2) is 65.6 Å². The topological polar surface area (TPSA) is 172 Å². The third-order valence-corrected chi connectivity index (χ3v) is 11.8. The molecule has 1 amide bonds. The van der Waals surface area contributed by atoms with Gasteiger partial charge in [0.2, 0.25) is 15.9 Å². The van der Waals surface area contributed by atoms with Gasteiger partial charge in [-0.3, -0.25) is 28.2 Å². The second kappa shape index (κ2) is 15.3. The molecule has 2 N–H and O–H groups in total. The predicted octanol–water partition coefficient (Wildman–Crippen LogP) is 7.41. The van der Waals surface area contributed by atoms with E-state index in [-0.39, 0.29) is 73.0 Å². The van der Waals surface area contributed by atoms with Gasteiger partial charge in [-0.2, -0.15) is 19.0 Å². The quantitative estimate of drug-likeness (QED) is 0.118. The van der Waals surface area contributed by atoms with Crippen LogP contribution in [0.25, 0.3) is 38.8 Å². The predicted molar refractivity (Wildman–Crippen MR) is 214 cm³/mol. The smallest absolute Gasteiger partial charge is 0.297 e. The van der Waals surface area contributed by atoms with Crippen molar-refractivity contribution in [1.29, 1.82) is 0 Å². The maximum Gasteiger partial charge on any atom is 0.297 e. The van der Waals surface area contributed by atoms with Gasteiger partial charge in [-0.1, -0.05) is 17.7 Å². The largest absolute Gasteiger partial charge is 0.344 e. The molecule has 3 aromatic carbocycles. The van der Waals surface area contributed by atoms with Crippen LogP contribution in [0.2, 0.25) is 5.02 Å². The standard InChI is InChI=1S/C40H29ClF8N10O4S/c1-57-32-27(6-5-23(41)30(32)36(55-57)56-64(2,62)63)59-38(53-25-12-17(3-4-20(25)39(59)61)24-7-8-50-37(52-24)35(46)47)26(11-16-9-18(42)13-19(43)10-16)51-28(60)15-58-33-29(31(54-58)34(44)45)21-14-22(21)40(33,48)49/h3-10,12-13,21-22,26,34-35H,11,14-15H2,1-2H3,(H,51,60)(H,55,56)/t21-,22+,26-/m0/s1. The molecule has 0 aliphatic heterocycles. The minimum absolute atomic E-state index is 0.00405. The van der Waals surface area contributed by atoms with Crippen molar-refractivity contribution in [3.63, 3.8) is 0 Å². The summed E-state index contributed by atoms with van der Waals surface area (Å²) in [5, 5.41) is 10.4. The Bertz CT molecular complexity index is 3250. The molecule has 14 nitrogen and oxygen atoms in total. The van der Waals surface area contributed by atoms with Crippen LogP contribution >= 0.6 is 11.6 Å². The van der Waals surface area contributed by atoms with E-state index in [2.05, 4.69) is 30.2 Å². The zero-order valence-electron chi connectivity index (χ0n) is 32.8. The summed E-state index contributed by atoms with van der Waals surface area (Å²) in [6.45, 7) is -1.05. The van der Waals surface area contributed by atoms with Gasteiger partial charge in [-0.15, -0.1) is 0 Å². The number of aromatic nitrogens is 8. The molecule has 7 aromatic rings. The number of fused-ring (bicyclic) bond motifs is 5. The van der Waals surface area contributed by atoms with Crippen LogP contribution in [-0.4, -0.2) is 59.7 Å². The van der Waals surface area contributed by atoms with Crippen molar-refractivity contribution in [3.05, 3.63) is 122 Å². The summed E-state index contributed by atoms with van der Waals surface area (Å²) in [7, 11) is -2.56. The Morgan fingerprint density at radius 2 is 1.72 bits per heavy atom. The number of carbonyl (C=O) groups excluding carboxylic acids is 1. The molecule has 24 heteroatoms. The van der Waals surface area contributed by atoms with E-state index in [1.165, 1.54) is 48.1 Å². The van der Waals surface area contributed by atoms with Crippen molar-refractivity contribution in [3.8, 4) is 16.9 Å². The second-order valence-corrected chi connectivity index (χ2v) is 17.5. The van der Waals surface area contributed by atoms with Crippen LogP contribution in [0.1, 0.15) is 65.4 Å². The normalized spacial score (nSPS) is 17.0. The number of halogens is 9. The zero-order chi connectivity index (χ0) is 45.7. The average molecular weight is 933 g/mol. The molecular weight excluding hydrogens is 904 g/mol. The molecule has 3 atom stereocenters. The van der Waals surface area contributed by atoms with E-state index in [9.17, 15) is 44.3 Å². The van der Waals surface area contributed by atoms with Gasteiger partial charge >= 0.3 is 0 Å². The first-order chi connectivity index (χ1) is 30.2. The highest BCUT2D eigenvalue weighted by atomic mass is 35.5. The highest BCUT2D eigenvalue weighted by Gasteiger charge is 2.67. The van der Waals surface area contributed by atoms with E-state index >= 15 is 8.78 Å². The molecule has 0 bridgehead atoms. The van der Waals surface area contributed by atoms with Crippen molar-refractivity contribution >= 4 is 55.2 Å². The van der Waals surface area contributed by atoms with E-state index in [4.69, 9.17) is 16.6 Å². The van der Waals surface area contributed by atoms with E-state index in [1.807, 2.05) is 0 Å². The first-order valence-electron chi connectivity index (χ1n) is 19.0. The molecule has 0 spiro atoms. The monoisotopic (exact) mass is 932 g/mol. The van der Waals surface area contributed by atoms with Gasteiger partial charge in [0.25, 0.3) is 24.3 Å². The Balaban J connectivity index is 1.26. The summed E-state index contributed by atoms with van der Waals surface area (Å²) in [5.74, 6) is -10.3. The average Bonchev–Trinajstić information content (AvgIpc) is 3.75. The fourth-order valence-electron chi connectivity index (χ4n) is 8.38. The maximum atomic E-state index is 15.5. The molecule has 0 unspecified atom stereocenters. The van der Waals surface area contributed by atoms with E-state index in [0.717, 1.165) is 29.2 Å². The summed E-state index contributed by atoms with van der Waals surface area (Å²) in [6, 6.07) is 8.82. The fraction of sp³-hybridized carbons (Fsp3) is 0.275. The number of nitrogens with one attached hydrogen (secondary N) is 2. The van der Waals surface area contributed by atoms with Crippen molar-refractivity contribution < 1.29 is 48.3 Å². The first kappa shape index (κ1) is 42.8. The minimum Gasteiger partial charge on any atom is -0.344 e.